The zero-order valence-electron chi connectivity index (χ0n) is 11.6. The van der Waals surface area contributed by atoms with Crippen LogP contribution in [0.3, 0.4) is 0 Å². The molecule has 0 bridgehead atoms. The number of rotatable bonds is 5. The van der Waals surface area contributed by atoms with Crippen molar-refractivity contribution in [2.45, 2.75) is 13.5 Å². The number of hydrogen-bond acceptors (Lipinski definition) is 6. The molecule has 0 amide bonds. The van der Waals surface area contributed by atoms with Gasteiger partial charge in [-0.2, -0.15) is 0 Å². The van der Waals surface area contributed by atoms with Crippen molar-refractivity contribution in [2.75, 3.05) is 12.4 Å². The number of aryl methyl sites for hydroxylation is 1. The molecule has 0 spiro atoms. The quantitative estimate of drug-likeness (QED) is 0.517. The molecular formula is C14H14N2O5. The summed E-state index contributed by atoms with van der Waals surface area (Å²) < 4.78 is 10.1. The van der Waals surface area contributed by atoms with Crippen molar-refractivity contribution in [2.24, 2.45) is 0 Å². The maximum Gasteiger partial charge on any atom is 0.341 e. The Morgan fingerprint density at radius 2 is 2.19 bits per heavy atom. The van der Waals surface area contributed by atoms with Crippen molar-refractivity contribution in [3.63, 3.8) is 0 Å². The number of non-ortho nitro benzene ring substituents is 1. The number of benzene rings is 1. The maximum absolute atomic E-state index is 11.5. The molecule has 0 aliphatic rings. The summed E-state index contributed by atoms with van der Waals surface area (Å²) in [5.74, 6) is 0.551. The van der Waals surface area contributed by atoms with E-state index < -0.39 is 10.9 Å². The Balaban J connectivity index is 2.08. The highest BCUT2D eigenvalue weighted by molar-refractivity contribution is 5.90. The molecule has 0 aliphatic carbocycles. The SMILES string of the molecule is COC(=O)c1cc(CNc2cccc([N+](=O)[O-])c2)oc1C. The number of esters is 1. The maximum atomic E-state index is 11.5. The second-order valence-corrected chi connectivity index (χ2v) is 4.34. The van der Waals surface area contributed by atoms with Gasteiger partial charge in [0.25, 0.3) is 5.69 Å². The van der Waals surface area contributed by atoms with Gasteiger partial charge in [0.15, 0.2) is 0 Å². The number of ether oxygens (including phenoxy) is 1. The first-order valence-corrected chi connectivity index (χ1v) is 6.17. The van der Waals surface area contributed by atoms with Crippen LogP contribution in [0.15, 0.2) is 34.7 Å². The lowest BCUT2D eigenvalue weighted by atomic mass is 10.2. The van der Waals surface area contributed by atoms with Gasteiger partial charge in [0.05, 0.1) is 18.6 Å². The minimum Gasteiger partial charge on any atom is -0.465 e. The smallest absolute Gasteiger partial charge is 0.341 e. The molecule has 21 heavy (non-hydrogen) atoms. The van der Waals surface area contributed by atoms with Crippen molar-refractivity contribution in [3.8, 4) is 0 Å². The van der Waals surface area contributed by atoms with E-state index in [1.807, 2.05) is 0 Å². The van der Waals surface area contributed by atoms with Gasteiger partial charge in [-0.1, -0.05) is 6.07 Å². The van der Waals surface area contributed by atoms with Crippen LogP contribution in [0, 0.1) is 17.0 Å². The van der Waals surface area contributed by atoms with E-state index >= 15 is 0 Å². The van der Waals surface area contributed by atoms with Crippen LogP contribution in [-0.4, -0.2) is 18.0 Å². The van der Waals surface area contributed by atoms with Crippen LogP contribution in [-0.2, 0) is 11.3 Å². The van der Waals surface area contributed by atoms with Crippen LogP contribution < -0.4 is 5.32 Å². The Kier molecular flexibility index (Phi) is 4.22. The first kappa shape index (κ1) is 14.6. The van der Waals surface area contributed by atoms with Crippen LogP contribution in [0.1, 0.15) is 21.9 Å². The van der Waals surface area contributed by atoms with Gasteiger partial charge in [-0.15, -0.1) is 0 Å². The summed E-state index contributed by atoms with van der Waals surface area (Å²) in [5.41, 5.74) is 0.970. The fourth-order valence-electron chi connectivity index (χ4n) is 1.86. The summed E-state index contributed by atoms with van der Waals surface area (Å²) in [7, 11) is 1.30. The normalized spacial score (nSPS) is 10.2. The number of nitrogens with one attached hydrogen (secondary N) is 1. The number of nitro benzene ring substituents is 1. The van der Waals surface area contributed by atoms with Gasteiger partial charge in [0, 0.05) is 17.8 Å². The Morgan fingerprint density at radius 1 is 1.43 bits per heavy atom. The highest BCUT2D eigenvalue weighted by atomic mass is 16.6. The fourth-order valence-corrected chi connectivity index (χ4v) is 1.86. The van der Waals surface area contributed by atoms with Gasteiger partial charge in [-0.25, -0.2) is 4.79 Å². The molecule has 0 saturated carbocycles. The van der Waals surface area contributed by atoms with Crippen molar-refractivity contribution in [3.05, 3.63) is 57.5 Å². The highest BCUT2D eigenvalue weighted by Gasteiger charge is 2.15. The molecule has 110 valence electrons. The van der Waals surface area contributed by atoms with Crippen molar-refractivity contribution >= 4 is 17.3 Å². The molecule has 0 atom stereocenters. The number of nitrogens with zero attached hydrogens (tertiary/aromatic N) is 1. The topological polar surface area (TPSA) is 94.6 Å². The van der Waals surface area contributed by atoms with E-state index in [1.165, 1.54) is 19.2 Å². The van der Waals surface area contributed by atoms with Gasteiger partial charge >= 0.3 is 5.97 Å². The summed E-state index contributed by atoms with van der Waals surface area (Å²) >= 11 is 0. The Labute approximate surface area is 120 Å². The minimum absolute atomic E-state index is 0.00544. The molecule has 1 N–H and O–H groups in total. The molecule has 0 aliphatic heterocycles. The van der Waals surface area contributed by atoms with Crippen LogP contribution in [0.4, 0.5) is 11.4 Å². The lowest BCUT2D eigenvalue weighted by Crippen LogP contribution is -2.01. The monoisotopic (exact) mass is 290 g/mol. The summed E-state index contributed by atoms with van der Waals surface area (Å²) in [6.45, 7) is 1.97. The molecule has 7 heteroatoms. The minimum atomic E-state index is -0.461. The van der Waals surface area contributed by atoms with E-state index in [2.05, 4.69) is 10.1 Å². The Morgan fingerprint density at radius 3 is 2.86 bits per heavy atom. The average molecular weight is 290 g/mol. The van der Waals surface area contributed by atoms with Gasteiger partial charge < -0.3 is 14.5 Å². The molecule has 1 heterocycles. The molecule has 2 rings (SSSR count). The van der Waals surface area contributed by atoms with E-state index in [0.717, 1.165) is 0 Å². The van der Waals surface area contributed by atoms with Crippen LogP contribution in [0.25, 0.3) is 0 Å². The van der Waals surface area contributed by atoms with E-state index in [0.29, 0.717) is 29.3 Å². The fraction of sp³-hybridized carbons (Fsp3) is 0.214. The zero-order chi connectivity index (χ0) is 15.4. The molecule has 0 radical (unpaired) electrons. The second kappa shape index (κ2) is 6.08. The summed E-state index contributed by atoms with van der Waals surface area (Å²) in [5, 5.41) is 13.7. The third kappa shape index (κ3) is 3.38. The number of carbonyl (C=O) groups is 1. The molecule has 1 aromatic carbocycles. The Hall–Kier alpha value is -2.83. The van der Waals surface area contributed by atoms with Crippen LogP contribution >= 0.6 is 0 Å². The Bertz CT molecular complexity index is 678. The summed E-state index contributed by atoms with van der Waals surface area (Å²) in [6.07, 6.45) is 0. The lowest BCUT2D eigenvalue weighted by Gasteiger charge is -2.03. The van der Waals surface area contributed by atoms with Gasteiger partial charge in [0.2, 0.25) is 0 Å². The molecule has 1 aromatic heterocycles. The zero-order valence-corrected chi connectivity index (χ0v) is 11.6. The van der Waals surface area contributed by atoms with E-state index in [9.17, 15) is 14.9 Å². The molecular weight excluding hydrogens is 276 g/mol. The molecule has 0 fully saturated rings. The molecule has 0 saturated heterocycles. The van der Waals surface area contributed by atoms with Gasteiger partial charge in [0.1, 0.15) is 17.1 Å². The van der Waals surface area contributed by atoms with Gasteiger partial charge in [-0.3, -0.25) is 10.1 Å². The highest BCUT2D eigenvalue weighted by Crippen LogP contribution is 2.20. The number of nitro groups is 1. The second-order valence-electron chi connectivity index (χ2n) is 4.34. The van der Waals surface area contributed by atoms with Crippen molar-refractivity contribution < 1.29 is 18.9 Å². The van der Waals surface area contributed by atoms with E-state index in [4.69, 9.17) is 4.42 Å². The number of furan rings is 1. The third-order valence-electron chi connectivity index (χ3n) is 2.90. The standard InChI is InChI=1S/C14H14N2O5/c1-9-13(14(17)20-2)7-12(21-9)8-15-10-4-3-5-11(6-10)16(18)19/h3-7,15H,8H2,1-2H3. The third-order valence-corrected chi connectivity index (χ3v) is 2.90. The number of carbonyl (C=O) groups excluding carboxylic acids is 1. The number of anilines is 1. The molecule has 2 aromatic rings. The number of methoxy groups -OCH3 is 1. The van der Waals surface area contributed by atoms with Crippen molar-refractivity contribution in [1.29, 1.82) is 0 Å². The summed E-state index contributed by atoms with van der Waals surface area (Å²) in [6, 6.07) is 7.73. The first-order valence-electron chi connectivity index (χ1n) is 6.17. The predicted octanol–water partition coefficient (Wildman–Crippen LogP) is 2.89. The van der Waals surface area contributed by atoms with Crippen LogP contribution in [0.2, 0.25) is 0 Å². The summed E-state index contributed by atoms with van der Waals surface area (Å²) in [4.78, 5) is 21.7. The molecule has 7 nitrogen and oxygen atoms in total. The lowest BCUT2D eigenvalue weighted by molar-refractivity contribution is -0.384. The molecule has 0 unspecified atom stereocenters. The van der Waals surface area contributed by atoms with Gasteiger partial charge in [-0.05, 0) is 19.1 Å². The number of hydrogen-bond donors (Lipinski definition) is 1. The van der Waals surface area contributed by atoms with Crippen LogP contribution in [0.5, 0.6) is 0 Å². The predicted molar refractivity (Wildman–Crippen MR) is 75.2 cm³/mol. The van der Waals surface area contributed by atoms with E-state index in [-0.39, 0.29) is 5.69 Å². The largest absolute Gasteiger partial charge is 0.465 e. The van der Waals surface area contributed by atoms with Crippen molar-refractivity contribution in [1.82, 2.24) is 0 Å². The average Bonchev–Trinajstić information content (AvgIpc) is 2.85. The van der Waals surface area contributed by atoms with E-state index in [1.54, 1.807) is 25.1 Å². The first-order chi connectivity index (χ1) is 10.0.